The van der Waals surface area contributed by atoms with Gasteiger partial charge in [0.1, 0.15) is 12.4 Å². The molecule has 0 bridgehead atoms. The van der Waals surface area contributed by atoms with Gasteiger partial charge in [-0.3, -0.25) is 9.59 Å². The molecule has 0 fully saturated rings. The predicted octanol–water partition coefficient (Wildman–Crippen LogP) is 3.29. The fourth-order valence-corrected chi connectivity index (χ4v) is 2.51. The molecule has 0 aliphatic heterocycles. The van der Waals surface area contributed by atoms with Crippen molar-refractivity contribution in [3.8, 4) is 5.75 Å². The van der Waals surface area contributed by atoms with Crippen LogP contribution in [0.4, 0.5) is 11.4 Å². The van der Waals surface area contributed by atoms with Crippen molar-refractivity contribution in [3.63, 3.8) is 0 Å². The number of methoxy groups -OCH3 is 1. The number of hydrogen-bond donors (Lipinski definition) is 3. The standard InChI is InChI=1S/C22H29N3O4/c1-3-4-12-23-22(27)17-8-10-18(11-9-17)25-21(26)16-24-19-6-5-7-20(15-19)29-14-13-28-2/h5-11,15,24H,3-4,12-14,16H2,1-2H3,(H,23,27)(H,25,26). The van der Waals surface area contributed by atoms with Crippen LogP contribution in [0.2, 0.25) is 0 Å². The van der Waals surface area contributed by atoms with Gasteiger partial charge >= 0.3 is 0 Å². The maximum absolute atomic E-state index is 12.2. The van der Waals surface area contributed by atoms with Crippen LogP contribution < -0.4 is 20.7 Å². The summed E-state index contributed by atoms with van der Waals surface area (Å²) in [5, 5.41) is 8.74. The van der Waals surface area contributed by atoms with Gasteiger partial charge in [0.05, 0.1) is 13.2 Å². The molecule has 7 heteroatoms. The highest BCUT2D eigenvalue weighted by Crippen LogP contribution is 2.17. The minimum atomic E-state index is -0.184. The molecular formula is C22H29N3O4. The van der Waals surface area contributed by atoms with Gasteiger partial charge in [0.25, 0.3) is 5.91 Å². The molecule has 2 amide bonds. The van der Waals surface area contributed by atoms with Gasteiger partial charge in [0, 0.05) is 36.7 Å². The number of ether oxygens (including phenoxy) is 2. The predicted molar refractivity (Wildman–Crippen MR) is 115 cm³/mol. The van der Waals surface area contributed by atoms with E-state index >= 15 is 0 Å². The molecule has 0 aliphatic rings. The van der Waals surface area contributed by atoms with Crippen molar-refractivity contribution in [1.29, 1.82) is 0 Å². The van der Waals surface area contributed by atoms with Crippen molar-refractivity contribution in [2.24, 2.45) is 0 Å². The maximum Gasteiger partial charge on any atom is 0.251 e. The Morgan fingerprint density at radius 3 is 2.52 bits per heavy atom. The second kappa shape index (κ2) is 12.4. The van der Waals surface area contributed by atoms with Crippen LogP contribution in [0.15, 0.2) is 48.5 Å². The molecular weight excluding hydrogens is 370 g/mol. The Bertz CT molecular complexity index is 778. The summed E-state index contributed by atoms with van der Waals surface area (Å²) in [6.07, 6.45) is 1.99. The van der Waals surface area contributed by atoms with E-state index in [4.69, 9.17) is 9.47 Å². The van der Waals surface area contributed by atoms with Crippen molar-refractivity contribution < 1.29 is 19.1 Å². The second-order valence-corrected chi connectivity index (χ2v) is 6.46. The molecule has 156 valence electrons. The lowest BCUT2D eigenvalue weighted by Crippen LogP contribution is -2.24. The molecule has 0 radical (unpaired) electrons. The average Bonchev–Trinajstić information content (AvgIpc) is 2.73. The Morgan fingerprint density at radius 1 is 1.00 bits per heavy atom. The summed E-state index contributed by atoms with van der Waals surface area (Å²) in [6.45, 7) is 3.83. The largest absolute Gasteiger partial charge is 0.491 e. The lowest BCUT2D eigenvalue weighted by molar-refractivity contribution is -0.114. The van der Waals surface area contributed by atoms with E-state index in [0.29, 0.717) is 36.8 Å². The van der Waals surface area contributed by atoms with Crippen LogP contribution >= 0.6 is 0 Å². The van der Waals surface area contributed by atoms with Crippen LogP contribution in [0.3, 0.4) is 0 Å². The first-order chi connectivity index (χ1) is 14.1. The molecule has 0 spiro atoms. The van der Waals surface area contributed by atoms with Crippen LogP contribution in [0.25, 0.3) is 0 Å². The van der Waals surface area contributed by atoms with E-state index in [1.165, 1.54) is 0 Å². The monoisotopic (exact) mass is 399 g/mol. The van der Waals surface area contributed by atoms with Crippen molar-refractivity contribution >= 4 is 23.2 Å². The highest BCUT2D eigenvalue weighted by molar-refractivity contribution is 5.96. The molecule has 0 saturated carbocycles. The number of anilines is 2. The molecule has 0 unspecified atom stereocenters. The van der Waals surface area contributed by atoms with Crippen molar-refractivity contribution in [2.45, 2.75) is 19.8 Å². The summed E-state index contributed by atoms with van der Waals surface area (Å²) < 4.78 is 10.5. The smallest absolute Gasteiger partial charge is 0.251 e. The fraction of sp³-hybridized carbons (Fsp3) is 0.364. The van der Waals surface area contributed by atoms with Crippen LogP contribution in [0, 0.1) is 0 Å². The number of carbonyl (C=O) groups excluding carboxylic acids is 2. The summed E-state index contributed by atoms with van der Waals surface area (Å²) in [6, 6.07) is 14.2. The summed E-state index contributed by atoms with van der Waals surface area (Å²) in [5.41, 5.74) is 2.00. The third-order valence-corrected chi connectivity index (χ3v) is 4.09. The molecule has 3 N–H and O–H groups in total. The number of hydrogen-bond acceptors (Lipinski definition) is 5. The van der Waals surface area contributed by atoms with E-state index in [2.05, 4.69) is 22.9 Å². The second-order valence-electron chi connectivity index (χ2n) is 6.46. The van der Waals surface area contributed by atoms with Crippen molar-refractivity contribution in [1.82, 2.24) is 5.32 Å². The fourth-order valence-electron chi connectivity index (χ4n) is 2.51. The summed E-state index contributed by atoms with van der Waals surface area (Å²) in [7, 11) is 1.62. The molecule has 2 aromatic carbocycles. The number of carbonyl (C=O) groups is 2. The van der Waals surface area contributed by atoms with Gasteiger partial charge in [-0.05, 0) is 42.8 Å². The van der Waals surface area contributed by atoms with Crippen LogP contribution in [0.5, 0.6) is 5.75 Å². The minimum Gasteiger partial charge on any atom is -0.491 e. The number of benzene rings is 2. The minimum absolute atomic E-state index is 0.106. The zero-order valence-corrected chi connectivity index (χ0v) is 17.0. The Kier molecular flexibility index (Phi) is 9.51. The lowest BCUT2D eigenvalue weighted by Gasteiger charge is -2.10. The van der Waals surface area contributed by atoms with Crippen molar-refractivity contribution in [2.75, 3.05) is 44.0 Å². The lowest BCUT2D eigenvalue weighted by atomic mass is 10.2. The first-order valence-electron chi connectivity index (χ1n) is 9.76. The van der Waals surface area contributed by atoms with Gasteiger partial charge in [-0.2, -0.15) is 0 Å². The van der Waals surface area contributed by atoms with E-state index in [0.717, 1.165) is 18.5 Å². The summed E-state index contributed by atoms with van der Waals surface area (Å²) in [5.74, 6) is 0.418. The van der Waals surface area contributed by atoms with Crippen molar-refractivity contribution in [3.05, 3.63) is 54.1 Å². The van der Waals surface area contributed by atoms with Gasteiger partial charge in [-0.15, -0.1) is 0 Å². The molecule has 7 nitrogen and oxygen atoms in total. The van der Waals surface area contributed by atoms with Gasteiger partial charge in [-0.25, -0.2) is 0 Å². The topological polar surface area (TPSA) is 88.7 Å². The first kappa shape index (κ1) is 22.2. The summed E-state index contributed by atoms with van der Waals surface area (Å²) >= 11 is 0. The molecule has 0 atom stereocenters. The molecule has 2 aromatic rings. The van der Waals surface area contributed by atoms with Gasteiger partial charge in [0.15, 0.2) is 0 Å². The first-order valence-corrected chi connectivity index (χ1v) is 9.76. The van der Waals surface area contributed by atoms with Gasteiger partial charge in [-0.1, -0.05) is 19.4 Å². The SMILES string of the molecule is CCCCNC(=O)c1ccc(NC(=O)CNc2cccc(OCCOC)c2)cc1. The number of rotatable bonds is 12. The Morgan fingerprint density at radius 2 is 1.79 bits per heavy atom. The van der Waals surface area contributed by atoms with Crippen LogP contribution in [0.1, 0.15) is 30.1 Å². The highest BCUT2D eigenvalue weighted by atomic mass is 16.5. The normalized spacial score (nSPS) is 10.3. The van der Waals surface area contributed by atoms with E-state index in [9.17, 15) is 9.59 Å². The quantitative estimate of drug-likeness (QED) is 0.477. The zero-order valence-electron chi connectivity index (χ0n) is 17.0. The number of unbranched alkanes of at least 4 members (excludes halogenated alkanes) is 1. The Hall–Kier alpha value is -3.06. The summed E-state index contributed by atoms with van der Waals surface area (Å²) in [4.78, 5) is 24.2. The van der Waals surface area contributed by atoms with E-state index in [1.807, 2.05) is 24.3 Å². The third-order valence-electron chi connectivity index (χ3n) is 4.09. The molecule has 0 aliphatic carbocycles. The third kappa shape index (κ3) is 8.23. The van der Waals surface area contributed by atoms with E-state index in [1.54, 1.807) is 31.4 Å². The molecule has 0 aromatic heterocycles. The molecule has 0 heterocycles. The van der Waals surface area contributed by atoms with E-state index < -0.39 is 0 Å². The average molecular weight is 399 g/mol. The Balaban J connectivity index is 1.79. The zero-order chi connectivity index (χ0) is 20.9. The molecule has 29 heavy (non-hydrogen) atoms. The van der Waals surface area contributed by atoms with Gasteiger partial charge < -0.3 is 25.4 Å². The Labute approximate surface area is 171 Å². The highest BCUT2D eigenvalue weighted by Gasteiger charge is 2.07. The number of amides is 2. The van der Waals surface area contributed by atoms with Crippen LogP contribution in [-0.2, 0) is 9.53 Å². The van der Waals surface area contributed by atoms with Gasteiger partial charge in [0.2, 0.25) is 5.91 Å². The molecule has 2 rings (SSSR count). The maximum atomic E-state index is 12.2. The van der Waals surface area contributed by atoms with Crippen LogP contribution in [-0.4, -0.2) is 45.2 Å². The molecule has 0 saturated heterocycles. The number of nitrogens with one attached hydrogen (secondary N) is 3. The van der Waals surface area contributed by atoms with E-state index in [-0.39, 0.29) is 18.4 Å².